The number of hydrogen-bond donors (Lipinski definition) is 0. The van der Waals surface area contributed by atoms with Crippen molar-refractivity contribution in [1.29, 1.82) is 0 Å². The van der Waals surface area contributed by atoms with Gasteiger partial charge in [-0.2, -0.15) is 10.6 Å². The zero-order valence-corrected chi connectivity index (χ0v) is 30.2. The van der Waals surface area contributed by atoms with E-state index in [1.54, 1.807) is 0 Å². The predicted molar refractivity (Wildman–Crippen MR) is 183 cm³/mol. The molecule has 0 aromatic carbocycles. The molecule has 0 amide bonds. The van der Waals surface area contributed by atoms with Crippen LogP contribution in [0.5, 0.6) is 0 Å². The zero-order valence-electron chi connectivity index (χ0n) is 27.8. The molecule has 5 heteroatoms. The molecule has 0 spiro atoms. The fraction of sp³-hybridized carbons (Fsp3) is 1.00. The first-order valence-corrected chi connectivity index (χ1v) is 20.6. The highest BCUT2D eigenvalue weighted by atomic mass is 79.9. The minimum Gasteiger partial charge on any atom is -0.351 e. The third-order valence-electron chi connectivity index (χ3n) is 7.23. The normalized spacial score (nSPS) is 13.6. The molecule has 0 aliphatic carbocycles. The molecule has 39 heavy (non-hydrogen) atoms. The van der Waals surface area contributed by atoms with Crippen LogP contribution in [0.3, 0.4) is 0 Å². The minimum atomic E-state index is -1.58. The molecule has 0 saturated carbocycles. The number of rotatable bonds is 30. The largest absolute Gasteiger partial charge is 0.351 e. The number of ether oxygens (including phenoxy) is 1. The Balaban J connectivity index is 0. The quantitative estimate of drug-likeness (QED) is 0.0444. The molecule has 0 saturated heterocycles. The second-order valence-electron chi connectivity index (χ2n) is 11.4. The number of halogens is 1. The van der Waals surface area contributed by atoms with E-state index in [1.807, 2.05) is 13.8 Å². The van der Waals surface area contributed by atoms with E-state index in [0.29, 0.717) is 5.92 Å². The van der Waals surface area contributed by atoms with Crippen molar-refractivity contribution in [3.8, 4) is 0 Å². The van der Waals surface area contributed by atoms with Crippen molar-refractivity contribution in [2.24, 2.45) is 5.92 Å². The molecule has 0 aliphatic heterocycles. The molecule has 0 heterocycles. The van der Waals surface area contributed by atoms with Gasteiger partial charge in [-0.1, -0.05) is 153 Å². The van der Waals surface area contributed by atoms with E-state index in [0.717, 1.165) is 31.4 Å². The van der Waals surface area contributed by atoms with Gasteiger partial charge in [-0.05, 0) is 38.0 Å². The third kappa shape index (κ3) is 31.5. The smallest absolute Gasteiger partial charge is 0.180 e. The Kier molecular flexibility index (Phi) is 35.6. The number of alkyl halides is 1. The summed E-state index contributed by atoms with van der Waals surface area (Å²) in [6.07, 6.45) is 32.7. The van der Waals surface area contributed by atoms with Gasteiger partial charge in [0, 0.05) is 30.9 Å². The summed E-state index contributed by atoms with van der Waals surface area (Å²) in [6.45, 7) is 12.5. The van der Waals surface area contributed by atoms with E-state index in [4.69, 9.17) is 13.1 Å². The first-order chi connectivity index (χ1) is 19.0. The monoisotopic (exact) mass is 640 g/mol. The summed E-state index contributed by atoms with van der Waals surface area (Å²) in [7, 11) is -1.58. The van der Waals surface area contributed by atoms with Crippen LogP contribution in [-0.2, 0) is 13.1 Å². The third-order valence-corrected chi connectivity index (χ3v) is 9.18. The van der Waals surface area contributed by atoms with Crippen LogP contribution < -0.4 is 0 Å². The summed E-state index contributed by atoms with van der Waals surface area (Å²) in [4.78, 5) is 0. The molecule has 0 aliphatic rings. The average Bonchev–Trinajstić information content (AvgIpc) is 2.93. The fourth-order valence-corrected chi connectivity index (χ4v) is 6.41. The molecule has 240 valence electrons. The molecule has 0 bridgehead atoms. The lowest BCUT2D eigenvalue weighted by molar-refractivity contribution is -0.0847. The second kappa shape index (κ2) is 33.2. The molecular formula is C34H73BrO3S. The van der Waals surface area contributed by atoms with Crippen LogP contribution in [0.2, 0.25) is 0 Å². The van der Waals surface area contributed by atoms with Gasteiger partial charge in [-0.15, -0.1) is 0 Å². The Morgan fingerprint density at radius 3 is 1.54 bits per heavy atom. The Labute approximate surface area is 257 Å². The number of hydrogen-bond acceptors (Lipinski definition) is 3. The van der Waals surface area contributed by atoms with Gasteiger partial charge in [0.2, 0.25) is 0 Å². The van der Waals surface area contributed by atoms with Crippen LogP contribution in [0.15, 0.2) is 0 Å². The Bertz CT molecular complexity index is 450. The Morgan fingerprint density at radius 1 is 0.564 bits per heavy atom. The Morgan fingerprint density at radius 2 is 1.00 bits per heavy atom. The molecule has 0 N–H and O–H groups in total. The predicted octanol–water partition coefficient (Wildman–Crippen LogP) is 12.9. The fourth-order valence-electron chi connectivity index (χ4n) is 4.77. The molecular weight excluding hydrogens is 568 g/mol. The van der Waals surface area contributed by atoms with Gasteiger partial charge in [0.05, 0.1) is 6.61 Å². The van der Waals surface area contributed by atoms with Crippen molar-refractivity contribution in [2.45, 2.75) is 182 Å². The van der Waals surface area contributed by atoms with Crippen molar-refractivity contribution in [2.75, 3.05) is 31.1 Å². The SMILES string of the molecule is CC.CCCCCCCCC(CCCCCC)COS(C)(C)OC(CCCCCCC)OCCCCCCBr. The van der Waals surface area contributed by atoms with Crippen molar-refractivity contribution in [3.05, 3.63) is 0 Å². The van der Waals surface area contributed by atoms with E-state index in [9.17, 15) is 0 Å². The van der Waals surface area contributed by atoms with E-state index >= 15 is 0 Å². The van der Waals surface area contributed by atoms with Gasteiger partial charge in [-0.3, -0.25) is 8.37 Å². The van der Waals surface area contributed by atoms with Crippen molar-refractivity contribution >= 4 is 26.5 Å². The standard InChI is InChI=1S/C32H67BrO3S.C2H6/c1-6-9-12-15-17-21-26-31(25-20-14-11-8-3)30-35-37(4,5)36-32(27-22-16-13-10-7-2)34-29-24-19-18-23-28-33;1-2/h31-32H,6-30H2,1-5H3;1-2H3. The highest BCUT2D eigenvalue weighted by Crippen LogP contribution is 2.45. The summed E-state index contributed by atoms with van der Waals surface area (Å²) < 4.78 is 19.4. The maximum Gasteiger partial charge on any atom is 0.180 e. The lowest BCUT2D eigenvalue weighted by Crippen LogP contribution is -2.23. The molecule has 0 aromatic rings. The van der Waals surface area contributed by atoms with Crippen molar-refractivity contribution in [1.82, 2.24) is 0 Å². The van der Waals surface area contributed by atoms with Gasteiger partial charge in [0.1, 0.15) is 0 Å². The van der Waals surface area contributed by atoms with Crippen molar-refractivity contribution in [3.63, 3.8) is 0 Å². The molecule has 3 nitrogen and oxygen atoms in total. The summed E-state index contributed by atoms with van der Waals surface area (Å²) in [5.41, 5.74) is 0. The van der Waals surface area contributed by atoms with Crippen LogP contribution in [0, 0.1) is 5.92 Å². The minimum absolute atomic E-state index is 0.121. The summed E-state index contributed by atoms with van der Waals surface area (Å²) >= 11 is 3.53. The van der Waals surface area contributed by atoms with Crippen molar-refractivity contribution < 1.29 is 13.1 Å². The first-order valence-electron chi connectivity index (χ1n) is 17.2. The number of unbranched alkanes of at least 4 members (excludes halogenated alkanes) is 15. The van der Waals surface area contributed by atoms with E-state index in [2.05, 4.69) is 49.2 Å². The molecule has 0 rings (SSSR count). The molecule has 2 atom stereocenters. The van der Waals surface area contributed by atoms with Crippen LogP contribution in [0.4, 0.5) is 0 Å². The molecule has 0 aromatic heterocycles. The molecule has 0 fully saturated rings. The van der Waals surface area contributed by atoms with Gasteiger partial charge < -0.3 is 4.74 Å². The maximum absolute atomic E-state index is 6.57. The van der Waals surface area contributed by atoms with E-state index in [1.165, 1.54) is 128 Å². The summed E-state index contributed by atoms with van der Waals surface area (Å²) in [5, 5.41) is 1.10. The Hall–Kier alpha value is 0.710. The zero-order chi connectivity index (χ0) is 29.5. The van der Waals surface area contributed by atoms with Crippen LogP contribution in [0.25, 0.3) is 0 Å². The molecule has 2 unspecified atom stereocenters. The summed E-state index contributed by atoms with van der Waals surface area (Å²) in [6, 6.07) is 0. The average molecular weight is 642 g/mol. The highest BCUT2D eigenvalue weighted by Gasteiger charge is 2.20. The second-order valence-corrected chi connectivity index (χ2v) is 14.9. The van der Waals surface area contributed by atoms with E-state index < -0.39 is 10.6 Å². The lowest BCUT2D eigenvalue weighted by atomic mass is 9.95. The van der Waals surface area contributed by atoms with Gasteiger partial charge in [-0.25, -0.2) is 0 Å². The van der Waals surface area contributed by atoms with Crippen LogP contribution >= 0.6 is 26.5 Å². The van der Waals surface area contributed by atoms with Crippen LogP contribution in [0.1, 0.15) is 176 Å². The lowest BCUT2D eigenvalue weighted by Gasteiger charge is -2.39. The molecule has 0 radical (unpaired) electrons. The topological polar surface area (TPSA) is 27.7 Å². The van der Waals surface area contributed by atoms with E-state index in [-0.39, 0.29) is 6.29 Å². The first kappa shape index (κ1) is 41.8. The van der Waals surface area contributed by atoms with Gasteiger partial charge >= 0.3 is 0 Å². The van der Waals surface area contributed by atoms with Gasteiger partial charge in [0.25, 0.3) is 0 Å². The van der Waals surface area contributed by atoms with Gasteiger partial charge in [0.15, 0.2) is 6.29 Å². The maximum atomic E-state index is 6.57. The highest BCUT2D eigenvalue weighted by molar-refractivity contribution is 9.09. The van der Waals surface area contributed by atoms with Crippen LogP contribution in [-0.4, -0.2) is 37.3 Å². The summed E-state index contributed by atoms with van der Waals surface area (Å²) in [5.74, 6) is 0.668.